The highest BCUT2D eigenvalue weighted by atomic mass is 32.1. The summed E-state index contributed by atoms with van der Waals surface area (Å²) in [4.78, 5) is 13.6. The van der Waals surface area contributed by atoms with Crippen molar-refractivity contribution in [1.29, 1.82) is 0 Å². The number of carbonyl (C=O) groups is 1. The van der Waals surface area contributed by atoms with Gasteiger partial charge in [-0.3, -0.25) is 0 Å². The van der Waals surface area contributed by atoms with Gasteiger partial charge in [0.25, 0.3) is 0 Å². The first-order chi connectivity index (χ1) is 14.0. The van der Waals surface area contributed by atoms with Gasteiger partial charge in [-0.2, -0.15) is 0 Å². The number of aryl methyl sites for hydroxylation is 2. The highest BCUT2D eigenvalue weighted by Crippen LogP contribution is 2.29. The van der Waals surface area contributed by atoms with E-state index in [9.17, 15) is 9.90 Å². The number of aromatic nitrogens is 1. The minimum atomic E-state index is -0.889. The Hall–Kier alpha value is -2.89. The van der Waals surface area contributed by atoms with Crippen LogP contribution in [0.3, 0.4) is 0 Å². The van der Waals surface area contributed by atoms with Gasteiger partial charge < -0.3 is 15.0 Å². The summed E-state index contributed by atoms with van der Waals surface area (Å²) in [6.07, 6.45) is 0. The SMILES string of the molecule is Cc1ccc2c(CNCc3cccs3)c(C(=O)O)n(Cc3ccccc3C)c2c1. The van der Waals surface area contributed by atoms with Crippen molar-refractivity contribution >= 4 is 28.2 Å². The van der Waals surface area contributed by atoms with Crippen LogP contribution in [0.25, 0.3) is 10.9 Å². The lowest BCUT2D eigenvalue weighted by atomic mass is 10.1. The Bertz CT molecular complexity index is 1160. The molecule has 0 atom stereocenters. The van der Waals surface area contributed by atoms with Crippen molar-refractivity contribution in [3.8, 4) is 0 Å². The predicted molar refractivity (Wildman–Crippen MR) is 119 cm³/mol. The molecule has 0 saturated heterocycles. The predicted octanol–water partition coefficient (Wildman–Crippen LogP) is 5.36. The normalized spacial score (nSPS) is 11.2. The third-order valence-electron chi connectivity index (χ3n) is 5.30. The molecule has 0 spiro atoms. The number of carboxylic acid groups (broad SMARTS) is 1. The molecule has 2 heterocycles. The smallest absolute Gasteiger partial charge is 0.352 e. The van der Waals surface area contributed by atoms with Gasteiger partial charge >= 0.3 is 5.97 Å². The summed E-state index contributed by atoms with van der Waals surface area (Å²) in [5.41, 5.74) is 5.60. The van der Waals surface area contributed by atoms with Crippen molar-refractivity contribution < 1.29 is 9.90 Å². The summed E-state index contributed by atoms with van der Waals surface area (Å²) in [6.45, 7) is 5.89. The minimum Gasteiger partial charge on any atom is -0.477 e. The second-order valence-corrected chi connectivity index (χ2v) is 8.38. The largest absolute Gasteiger partial charge is 0.477 e. The van der Waals surface area contributed by atoms with E-state index in [1.807, 2.05) is 35.8 Å². The van der Waals surface area contributed by atoms with Crippen LogP contribution in [0.2, 0.25) is 0 Å². The Balaban J connectivity index is 1.78. The fourth-order valence-electron chi connectivity index (χ4n) is 3.80. The van der Waals surface area contributed by atoms with Gasteiger partial charge in [0.1, 0.15) is 5.69 Å². The number of benzene rings is 2. The van der Waals surface area contributed by atoms with Gasteiger partial charge in [-0.05, 0) is 48.1 Å². The van der Waals surface area contributed by atoms with E-state index < -0.39 is 5.97 Å². The molecular formula is C24H24N2O2S. The molecule has 0 aliphatic heterocycles. The number of fused-ring (bicyclic) bond motifs is 1. The summed E-state index contributed by atoms with van der Waals surface area (Å²) in [5, 5.41) is 16.6. The van der Waals surface area contributed by atoms with Gasteiger partial charge in [-0.15, -0.1) is 11.3 Å². The Morgan fingerprint density at radius 3 is 2.62 bits per heavy atom. The molecule has 2 aromatic carbocycles. The fraction of sp³-hybridized carbons (Fsp3) is 0.208. The molecule has 2 aromatic heterocycles. The van der Waals surface area contributed by atoms with E-state index in [1.165, 1.54) is 4.88 Å². The lowest BCUT2D eigenvalue weighted by Crippen LogP contribution is -2.17. The third kappa shape index (κ3) is 3.97. The zero-order valence-electron chi connectivity index (χ0n) is 16.6. The zero-order valence-corrected chi connectivity index (χ0v) is 17.4. The summed E-state index contributed by atoms with van der Waals surface area (Å²) in [5.74, 6) is -0.889. The lowest BCUT2D eigenvalue weighted by Gasteiger charge is -2.12. The van der Waals surface area contributed by atoms with E-state index in [2.05, 4.69) is 48.0 Å². The molecule has 4 aromatic rings. The van der Waals surface area contributed by atoms with Crippen LogP contribution < -0.4 is 5.32 Å². The van der Waals surface area contributed by atoms with Gasteiger partial charge in [0.2, 0.25) is 0 Å². The number of hydrogen-bond acceptors (Lipinski definition) is 3. The molecule has 4 nitrogen and oxygen atoms in total. The first kappa shape index (κ1) is 19.4. The second kappa shape index (κ2) is 8.23. The lowest BCUT2D eigenvalue weighted by molar-refractivity contribution is 0.0684. The quantitative estimate of drug-likeness (QED) is 0.436. The van der Waals surface area contributed by atoms with E-state index in [0.29, 0.717) is 18.8 Å². The topological polar surface area (TPSA) is 54.3 Å². The maximum absolute atomic E-state index is 12.3. The monoisotopic (exact) mass is 404 g/mol. The second-order valence-electron chi connectivity index (χ2n) is 7.35. The number of nitrogens with one attached hydrogen (secondary N) is 1. The Morgan fingerprint density at radius 1 is 1.07 bits per heavy atom. The van der Waals surface area contributed by atoms with E-state index in [4.69, 9.17) is 0 Å². The van der Waals surface area contributed by atoms with Crippen molar-refractivity contribution in [3.63, 3.8) is 0 Å². The molecule has 0 radical (unpaired) electrons. The van der Waals surface area contributed by atoms with Crippen LogP contribution in [0.15, 0.2) is 60.0 Å². The maximum Gasteiger partial charge on any atom is 0.352 e. The van der Waals surface area contributed by atoms with Crippen LogP contribution >= 0.6 is 11.3 Å². The standard InChI is InChI=1S/C24H24N2O2S/c1-16-9-10-20-21(14-25-13-19-8-5-11-29-19)23(24(27)28)26(22(20)12-16)15-18-7-4-3-6-17(18)2/h3-12,25H,13-15H2,1-2H3,(H,27,28). The molecule has 0 aliphatic rings. The molecule has 29 heavy (non-hydrogen) atoms. The summed E-state index contributed by atoms with van der Waals surface area (Å²) in [7, 11) is 0. The van der Waals surface area contributed by atoms with Crippen molar-refractivity contribution in [2.45, 2.75) is 33.5 Å². The van der Waals surface area contributed by atoms with Crippen LogP contribution in [-0.4, -0.2) is 15.6 Å². The van der Waals surface area contributed by atoms with Crippen LogP contribution in [-0.2, 0) is 19.6 Å². The maximum atomic E-state index is 12.3. The van der Waals surface area contributed by atoms with Crippen molar-refractivity contribution in [2.75, 3.05) is 0 Å². The number of rotatable bonds is 7. The van der Waals surface area contributed by atoms with Crippen LogP contribution in [0.1, 0.15) is 37.6 Å². The number of hydrogen-bond donors (Lipinski definition) is 2. The number of nitrogens with zero attached hydrogens (tertiary/aromatic N) is 1. The van der Waals surface area contributed by atoms with Crippen molar-refractivity contribution in [3.05, 3.63) is 92.8 Å². The van der Waals surface area contributed by atoms with Crippen LogP contribution in [0.4, 0.5) is 0 Å². The molecule has 4 rings (SSSR count). The summed E-state index contributed by atoms with van der Waals surface area (Å²) >= 11 is 1.70. The molecule has 0 bridgehead atoms. The third-order valence-corrected chi connectivity index (χ3v) is 6.17. The molecule has 0 unspecified atom stereocenters. The molecule has 0 fully saturated rings. The molecule has 148 valence electrons. The number of carboxylic acids is 1. The highest BCUT2D eigenvalue weighted by molar-refractivity contribution is 7.09. The van der Waals surface area contributed by atoms with Crippen LogP contribution in [0, 0.1) is 13.8 Å². The average molecular weight is 405 g/mol. The zero-order chi connectivity index (χ0) is 20.4. The van der Waals surface area contributed by atoms with Gasteiger partial charge in [0.15, 0.2) is 0 Å². The molecule has 0 aliphatic carbocycles. The minimum absolute atomic E-state index is 0.368. The van der Waals surface area contributed by atoms with Gasteiger partial charge in [-0.25, -0.2) is 4.79 Å². The fourth-order valence-corrected chi connectivity index (χ4v) is 4.47. The van der Waals surface area contributed by atoms with E-state index in [1.54, 1.807) is 11.3 Å². The van der Waals surface area contributed by atoms with Gasteiger partial charge in [-0.1, -0.05) is 42.5 Å². The molecule has 5 heteroatoms. The Labute approximate surface area is 174 Å². The Kier molecular flexibility index (Phi) is 5.51. The van der Waals surface area contributed by atoms with E-state index in [-0.39, 0.29) is 0 Å². The van der Waals surface area contributed by atoms with Crippen molar-refractivity contribution in [2.24, 2.45) is 0 Å². The van der Waals surface area contributed by atoms with E-state index >= 15 is 0 Å². The van der Waals surface area contributed by atoms with Gasteiger partial charge in [0.05, 0.1) is 0 Å². The highest BCUT2D eigenvalue weighted by Gasteiger charge is 2.22. The van der Waals surface area contributed by atoms with Crippen molar-refractivity contribution in [1.82, 2.24) is 9.88 Å². The van der Waals surface area contributed by atoms with Gasteiger partial charge in [0, 0.05) is 41.0 Å². The average Bonchev–Trinajstić information content (AvgIpc) is 3.30. The number of aromatic carboxylic acids is 1. The van der Waals surface area contributed by atoms with E-state index in [0.717, 1.165) is 39.7 Å². The summed E-state index contributed by atoms with van der Waals surface area (Å²) in [6, 6.07) is 18.4. The molecule has 0 saturated carbocycles. The first-order valence-corrected chi connectivity index (χ1v) is 10.5. The molecule has 2 N–H and O–H groups in total. The first-order valence-electron chi connectivity index (χ1n) is 9.67. The summed E-state index contributed by atoms with van der Waals surface area (Å²) < 4.78 is 1.95. The molecule has 0 amide bonds. The number of thiophene rings is 1. The van der Waals surface area contributed by atoms with Crippen LogP contribution in [0.5, 0.6) is 0 Å². The Morgan fingerprint density at radius 2 is 1.90 bits per heavy atom. The molecular weight excluding hydrogens is 380 g/mol.